The molecule has 0 aromatic heterocycles. The van der Waals surface area contributed by atoms with Gasteiger partial charge in [-0.2, -0.15) is 0 Å². The molecule has 0 aliphatic carbocycles. The second kappa shape index (κ2) is 8.86. The van der Waals surface area contributed by atoms with Crippen molar-refractivity contribution in [2.24, 2.45) is 0 Å². The van der Waals surface area contributed by atoms with Gasteiger partial charge >= 0.3 is 0 Å². The third kappa shape index (κ3) is 5.82. The molecule has 0 spiro atoms. The molecule has 7 heteroatoms. The van der Waals surface area contributed by atoms with E-state index in [0.29, 0.717) is 13.0 Å². The highest BCUT2D eigenvalue weighted by molar-refractivity contribution is 7.92. The van der Waals surface area contributed by atoms with Crippen LogP contribution in [0.5, 0.6) is 0 Å². The summed E-state index contributed by atoms with van der Waals surface area (Å²) in [5.74, 6) is -0.794. The van der Waals surface area contributed by atoms with Gasteiger partial charge in [0.1, 0.15) is 11.9 Å². The van der Waals surface area contributed by atoms with Gasteiger partial charge in [-0.15, -0.1) is 0 Å². The third-order valence-electron chi connectivity index (χ3n) is 3.49. The first kappa shape index (κ1) is 19.4. The van der Waals surface area contributed by atoms with Crippen molar-refractivity contribution in [2.45, 2.75) is 45.6 Å². The molecule has 130 valence electrons. The van der Waals surface area contributed by atoms with Crippen LogP contribution in [0, 0.1) is 5.82 Å². The molecule has 0 heterocycles. The van der Waals surface area contributed by atoms with Crippen LogP contribution < -0.4 is 9.62 Å². The number of halogens is 1. The maximum Gasteiger partial charge on any atom is 0.243 e. The first-order valence-corrected chi connectivity index (χ1v) is 9.68. The Bertz CT molecular complexity index is 602. The van der Waals surface area contributed by atoms with Crippen LogP contribution in [-0.4, -0.2) is 33.2 Å². The minimum Gasteiger partial charge on any atom is -0.354 e. The Labute approximate surface area is 137 Å². The van der Waals surface area contributed by atoms with Crippen molar-refractivity contribution in [3.63, 3.8) is 0 Å². The Morgan fingerprint density at radius 3 is 2.30 bits per heavy atom. The average molecular weight is 344 g/mol. The maximum absolute atomic E-state index is 13.1. The van der Waals surface area contributed by atoms with Gasteiger partial charge in [-0.3, -0.25) is 9.10 Å². The van der Waals surface area contributed by atoms with Gasteiger partial charge < -0.3 is 5.32 Å². The summed E-state index contributed by atoms with van der Waals surface area (Å²) in [6, 6.07) is 4.24. The molecule has 1 aromatic rings. The zero-order chi connectivity index (χ0) is 17.5. The Hall–Kier alpha value is -1.63. The van der Waals surface area contributed by atoms with Gasteiger partial charge in [-0.1, -0.05) is 26.7 Å². The molecule has 23 heavy (non-hydrogen) atoms. The van der Waals surface area contributed by atoms with Gasteiger partial charge in [0, 0.05) is 6.54 Å². The Balaban J connectivity index is 2.99. The first-order chi connectivity index (χ1) is 10.8. The molecule has 1 amide bonds. The van der Waals surface area contributed by atoms with Crippen LogP contribution in [0.25, 0.3) is 0 Å². The number of benzene rings is 1. The lowest BCUT2D eigenvalue weighted by Crippen LogP contribution is -2.49. The molecule has 1 atom stereocenters. The minimum absolute atomic E-state index is 0.282. The number of carbonyl (C=O) groups is 1. The van der Waals surface area contributed by atoms with Gasteiger partial charge in [0.05, 0.1) is 11.9 Å². The largest absolute Gasteiger partial charge is 0.354 e. The first-order valence-electron chi connectivity index (χ1n) is 7.84. The normalized spacial score (nSPS) is 12.7. The molecule has 0 bridgehead atoms. The summed E-state index contributed by atoms with van der Waals surface area (Å²) in [6.07, 6.45) is 4.27. The van der Waals surface area contributed by atoms with E-state index >= 15 is 0 Å². The molecule has 5 nitrogen and oxygen atoms in total. The van der Waals surface area contributed by atoms with E-state index in [1.807, 2.05) is 0 Å². The van der Waals surface area contributed by atoms with Crippen LogP contribution in [0.15, 0.2) is 24.3 Å². The summed E-state index contributed by atoms with van der Waals surface area (Å²) in [5, 5.41) is 2.78. The van der Waals surface area contributed by atoms with E-state index in [9.17, 15) is 17.6 Å². The standard InChI is InChI=1S/C16H25FN2O3S/c1-4-6-7-12-18-16(20)15(5-2)19(23(3,21)22)14-10-8-13(17)9-11-14/h8-11,15H,4-7,12H2,1-3H3,(H,18,20)/t15-/m0/s1. The number of rotatable bonds is 9. The summed E-state index contributed by atoms with van der Waals surface area (Å²) in [6.45, 7) is 4.33. The zero-order valence-corrected chi connectivity index (χ0v) is 14.7. The second-order valence-electron chi connectivity index (χ2n) is 5.46. The van der Waals surface area contributed by atoms with Gasteiger partial charge in [0.15, 0.2) is 0 Å². The van der Waals surface area contributed by atoms with E-state index in [-0.39, 0.29) is 11.6 Å². The van der Waals surface area contributed by atoms with Crippen LogP contribution in [0.3, 0.4) is 0 Å². The summed E-state index contributed by atoms with van der Waals surface area (Å²) in [4.78, 5) is 12.4. The van der Waals surface area contributed by atoms with Crippen LogP contribution in [0.1, 0.15) is 39.5 Å². The second-order valence-corrected chi connectivity index (χ2v) is 7.32. The van der Waals surface area contributed by atoms with Gasteiger partial charge in [-0.25, -0.2) is 12.8 Å². The Kier molecular flexibility index (Phi) is 7.48. The molecule has 0 saturated heterocycles. The molecule has 0 radical (unpaired) electrons. The number of carbonyl (C=O) groups excluding carboxylic acids is 1. The maximum atomic E-state index is 13.1. The van der Waals surface area contributed by atoms with E-state index in [2.05, 4.69) is 12.2 Å². The van der Waals surface area contributed by atoms with E-state index in [1.54, 1.807) is 6.92 Å². The van der Waals surface area contributed by atoms with Crippen molar-refractivity contribution >= 4 is 21.6 Å². The monoisotopic (exact) mass is 344 g/mol. The fourth-order valence-corrected chi connectivity index (χ4v) is 3.56. The SMILES string of the molecule is CCCCCNC(=O)[C@H](CC)N(c1ccc(F)cc1)S(C)(=O)=O. The van der Waals surface area contributed by atoms with Crippen LogP contribution in [-0.2, 0) is 14.8 Å². The molecule has 0 aliphatic rings. The van der Waals surface area contributed by atoms with Crippen molar-refractivity contribution in [1.29, 1.82) is 0 Å². The van der Waals surface area contributed by atoms with Crippen LogP contribution in [0.4, 0.5) is 10.1 Å². The number of hydrogen-bond acceptors (Lipinski definition) is 3. The minimum atomic E-state index is -3.67. The lowest BCUT2D eigenvalue weighted by molar-refractivity contribution is -0.122. The summed E-state index contributed by atoms with van der Waals surface area (Å²) >= 11 is 0. The lowest BCUT2D eigenvalue weighted by atomic mass is 10.2. The highest BCUT2D eigenvalue weighted by Gasteiger charge is 2.31. The fourth-order valence-electron chi connectivity index (χ4n) is 2.35. The molecule has 0 saturated carbocycles. The van der Waals surface area contributed by atoms with Crippen molar-refractivity contribution < 1.29 is 17.6 Å². The number of nitrogens with zero attached hydrogens (tertiary/aromatic N) is 1. The predicted molar refractivity (Wildman–Crippen MR) is 90.3 cm³/mol. The summed E-state index contributed by atoms with van der Waals surface area (Å²) in [7, 11) is -3.67. The average Bonchev–Trinajstić information content (AvgIpc) is 2.49. The number of amides is 1. The van der Waals surface area contributed by atoms with Gasteiger partial charge in [0.25, 0.3) is 0 Å². The van der Waals surface area contributed by atoms with E-state index in [0.717, 1.165) is 29.8 Å². The molecule has 1 aromatic carbocycles. The van der Waals surface area contributed by atoms with E-state index < -0.39 is 21.9 Å². The topological polar surface area (TPSA) is 66.5 Å². The van der Waals surface area contributed by atoms with Crippen molar-refractivity contribution in [1.82, 2.24) is 5.32 Å². The molecule has 0 fully saturated rings. The highest BCUT2D eigenvalue weighted by Crippen LogP contribution is 2.22. The predicted octanol–water partition coefficient (Wildman–Crippen LogP) is 2.68. The van der Waals surface area contributed by atoms with Crippen LogP contribution >= 0.6 is 0 Å². The molecule has 0 aliphatic heterocycles. The number of sulfonamides is 1. The Morgan fingerprint density at radius 1 is 1.22 bits per heavy atom. The smallest absolute Gasteiger partial charge is 0.243 e. The van der Waals surface area contributed by atoms with Gasteiger partial charge in [-0.05, 0) is 37.1 Å². The molecule has 1 N–H and O–H groups in total. The fraction of sp³-hybridized carbons (Fsp3) is 0.562. The summed E-state index contributed by atoms with van der Waals surface area (Å²) in [5.41, 5.74) is 0.282. The van der Waals surface area contributed by atoms with E-state index in [1.165, 1.54) is 24.3 Å². The number of anilines is 1. The lowest BCUT2D eigenvalue weighted by Gasteiger charge is -2.30. The molecular formula is C16H25FN2O3S. The Morgan fingerprint density at radius 2 is 1.83 bits per heavy atom. The van der Waals surface area contributed by atoms with Crippen LogP contribution in [0.2, 0.25) is 0 Å². The van der Waals surface area contributed by atoms with Crippen molar-refractivity contribution in [3.05, 3.63) is 30.1 Å². The molecular weight excluding hydrogens is 319 g/mol. The number of nitrogens with one attached hydrogen (secondary N) is 1. The number of hydrogen-bond donors (Lipinski definition) is 1. The third-order valence-corrected chi connectivity index (χ3v) is 4.67. The molecule has 1 rings (SSSR count). The molecule has 0 unspecified atom stereocenters. The summed E-state index contributed by atoms with van der Waals surface area (Å²) < 4.78 is 38.4. The quantitative estimate of drug-likeness (QED) is 0.701. The highest BCUT2D eigenvalue weighted by atomic mass is 32.2. The van der Waals surface area contributed by atoms with Crippen molar-refractivity contribution in [3.8, 4) is 0 Å². The zero-order valence-electron chi connectivity index (χ0n) is 13.9. The number of unbranched alkanes of at least 4 members (excludes halogenated alkanes) is 2. The van der Waals surface area contributed by atoms with E-state index in [4.69, 9.17) is 0 Å². The van der Waals surface area contributed by atoms with Crippen molar-refractivity contribution in [2.75, 3.05) is 17.1 Å². The van der Waals surface area contributed by atoms with Gasteiger partial charge in [0.2, 0.25) is 15.9 Å².